The number of benzene rings is 3. The molecule has 1 aliphatic carbocycles. The normalized spacial score (nSPS) is 20.6. The summed E-state index contributed by atoms with van der Waals surface area (Å²) in [6, 6.07) is 17.6. The Kier molecular flexibility index (Phi) is 6.52. The Morgan fingerprint density at radius 3 is 2.43 bits per heavy atom. The second-order valence-electron chi connectivity index (χ2n) is 9.48. The van der Waals surface area contributed by atoms with Crippen molar-refractivity contribution in [3.8, 4) is 0 Å². The number of carbonyl (C=O) groups excluding carboxylic acids is 2. The van der Waals surface area contributed by atoms with Crippen molar-refractivity contribution in [1.82, 2.24) is 0 Å². The maximum absolute atomic E-state index is 14.9. The van der Waals surface area contributed by atoms with Gasteiger partial charge in [0.25, 0.3) is 17.7 Å². The second kappa shape index (κ2) is 9.52. The van der Waals surface area contributed by atoms with Gasteiger partial charge in [0.1, 0.15) is 0 Å². The number of aliphatic hydroxyl groups is 2. The molecule has 9 heteroatoms. The third kappa shape index (κ3) is 4.61. The number of halogens is 3. The van der Waals surface area contributed by atoms with Crippen LogP contribution in [-0.2, 0) is 5.60 Å². The summed E-state index contributed by atoms with van der Waals surface area (Å²) in [6.45, 7) is -1.63. The maximum Gasteiger partial charge on any atom is 0.284 e. The molecule has 1 saturated carbocycles. The van der Waals surface area contributed by atoms with Gasteiger partial charge in [0, 0.05) is 40.4 Å². The molecule has 1 atom stereocenters. The number of fused-ring (bicyclic) bond motifs is 1. The molecule has 3 aromatic carbocycles. The number of hydrogen-bond acceptors (Lipinski definition) is 4. The van der Waals surface area contributed by atoms with Crippen LogP contribution in [0, 0.1) is 0 Å². The number of rotatable bonds is 5. The van der Waals surface area contributed by atoms with Crippen molar-refractivity contribution in [2.45, 2.75) is 36.7 Å². The van der Waals surface area contributed by atoms with Crippen LogP contribution in [0.4, 0.5) is 20.2 Å². The number of amides is 2. The zero-order valence-corrected chi connectivity index (χ0v) is 20.5. The Morgan fingerprint density at radius 2 is 1.76 bits per heavy atom. The molecule has 2 amide bonds. The largest absolute Gasteiger partial charge is 0.393 e. The zero-order valence-electron chi connectivity index (χ0n) is 19.8. The highest BCUT2D eigenvalue weighted by molar-refractivity contribution is 6.30. The van der Waals surface area contributed by atoms with E-state index in [0.29, 0.717) is 17.2 Å². The molecule has 2 aliphatic rings. The first-order chi connectivity index (χ1) is 17.6. The quantitative estimate of drug-likeness (QED) is 0.419. The molecule has 1 heterocycles. The second-order valence-corrected chi connectivity index (χ2v) is 9.92. The summed E-state index contributed by atoms with van der Waals surface area (Å²) in [5, 5.41) is 23.4. The molecule has 1 aliphatic heterocycles. The van der Waals surface area contributed by atoms with Crippen molar-refractivity contribution in [3.63, 3.8) is 0 Å². The van der Waals surface area contributed by atoms with Gasteiger partial charge >= 0.3 is 0 Å². The van der Waals surface area contributed by atoms with Gasteiger partial charge in [0.05, 0.1) is 12.3 Å². The number of nitrogens with one attached hydrogen (secondary N) is 1. The third-order valence-electron chi connectivity index (χ3n) is 7.04. The van der Waals surface area contributed by atoms with E-state index in [9.17, 15) is 28.6 Å². The van der Waals surface area contributed by atoms with Crippen molar-refractivity contribution in [2.24, 2.45) is 0 Å². The van der Waals surface area contributed by atoms with Gasteiger partial charge in [-0.2, -0.15) is 0 Å². The lowest BCUT2D eigenvalue weighted by Crippen LogP contribution is -2.48. The van der Waals surface area contributed by atoms with Crippen LogP contribution >= 0.6 is 11.6 Å². The van der Waals surface area contributed by atoms with E-state index >= 15 is 0 Å². The molecule has 192 valence electrons. The van der Waals surface area contributed by atoms with Crippen LogP contribution in [0.25, 0.3) is 0 Å². The zero-order chi connectivity index (χ0) is 26.4. The van der Waals surface area contributed by atoms with Gasteiger partial charge in [-0.05, 0) is 72.9 Å². The highest BCUT2D eigenvalue weighted by Gasteiger charge is 2.56. The molecule has 1 fully saturated rings. The van der Waals surface area contributed by atoms with Gasteiger partial charge in [0.15, 0.2) is 5.60 Å². The SMILES string of the molecule is O=C(Nc1ccc(C(=O)N2CCC(F)(F)[C@](O)(CO)c3cc(Cl)ccc32)cc1)c1ccccc1C1CC1. The molecule has 0 bridgehead atoms. The molecule has 0 radical (unpaired) electrons. The first-order valence-electron chi connectivity index (χ1n) is 12.0. The van der Waals surface area contributed by atoms with Crippen LogP contribution in [-0.4, -0.2) is 41.1 Å². The maximum atomic E-state index is 14.9. The lowest BCUT2D eigenvalue weighted by Gasteiger charge is -2.33. The minimum Gasteiger partial charge on any atom is -0.393 e. The summed E-state index contributed by atoms with van der Waals surface area (Å²) in [7, 11) is 0. The predicted molar refractivity (Wildman–Crippen MR) is 136 cm³/mol. The van der Waals surface area contributed by atoms with Crippen molar-refractivity contribution >= 4 is 34.8 Å². The first-order valence-corrected chi connectivity index (χ1v) is 12.4. The number of anilines is 2. The van der Waals surface area contributed by atoms with Crippen molar-refractivity contribution in [1.29, 1.82) is 0 Å². The van der Waals surface area contributed by atoms with Crippen LogP contribution in [0.3, 0.4) is 0 Å². The fourth-order valence-electron chi connectivity index (χ4n) is 4.77. The number of alkyl halides is 2. The summed E-state index contributed by atoms with van der Waals surface area (Å²) in [6.07, 6.45) is 1.26. The van der Waals surface area contributed by atoms with Crippen LogP contribution in [0.15, 0.2) is 66.7 Å². The molecule has 3 aromatic rings. The van der Waals surface area contributed by atoms with Gasteiger partial charge in [0.2, 0.25) is 0 Å². The van der Waals surface area contributed by atoms with E-state index < -0.39 is 30.5 Å². The summed E-state index contributed by atoms with van der Waals surface area (Å²) in [5.41, 5.74) is -0.860. The van der Waals surface area contributed by atoms with Gasteiger partial charge in [-0.15, -0.1) is 0 Å². The number of carbonyl (C=O) groups is 2. The monoisotopic (exact) mass is 526 g/mol. The van der Waals surface area contributed by atoms with Gasteiger partial charge in [-0.3, -0.25) is 9.59 Å². The fraction of sp³-hybridized carbons (Fsp3) is 0.286. The summed E-state index contributed by atoms with van der Waals surface area (Å²) >= 11 is 6.01. The minimum absolute atomic E-state index is 0.0391. The van der Waals surface area contributed by atoms with Crippen LogP contribution in [0.2, 0.25) is 5.02 Å². The highest BCUT2D eigenvalue weighted by Crippen LogP contribution is 2.47. The topological polar surface area (TPSA) is 89.9 Å². The van der Waals surface area contributed by atoms with Crippen molar-refractivity contribution in [2.75, 3.05) is 23.4 Å². The minimum atomic E-state index is -3.71. The van der Waals surface area contributed by atoms with Crippen LogP contribution in [0.1, 0.15) is 57.0 Å². The molecule has 0 unspecified atom stereocenters. The van der Waals surface area contributed by atoms with E-state index in [4.69, 9.17) is 11.6 Å². The van der Waals surface area contributed by atoms with Crippen LogP contribution < -0.4 is 10.2 Å². The summed E-state index contributed by atoms with van der Waals surface area (Å²) < 4.78 is 29.9. The van der Waals surface area contributed by atoms with Gasteiger partial charge < -0.3 is 20.4 Å². The predicted octanol–water partition coefficient (Wildman–Crippen LogP) is 5.34. The molecule has 3 N–H and O–H groups in total. The molecule has 0 spiro atoms. The van der Waals surface area contributed by atoms with E-state index in [1.54, 1.807) is 18.2 Å². The van der Waals surface area contributed by atoms with Crippen molar-refractivity contribution in [3.05, 3.63) is 94.0 Å². The van der Waals surface area contributed by atoms with E-state index in [1.807, 2.05) is 18.2 Å². The van der Waals surface area contributed by atoms with Gasteiger partial charge in [-0.25, -0.2) is 8.78 Å². The lowest BCUT2D eigenvalue weighted by atomic mass is 9.86. The Labute approximate surface area is 217 Å². The lowest BCUT2D eigenvalue weighted by molar-refractivity contribution is -0.205. The molecule has 6 nitrogen and oxygen atoms in total. The standard InChI is InChI=1S/C28H25ClF2N2O4/c29-19-9-12-24-23(15-19)27(37,16-34)28(30,31)13-14-33(24)26(36)18-7-10-20(11-8-18)32-25(35)22-4-2-1-3-21(22)17-5-6-17/h1-4,7-12,15,17,34,37H,5-6,13-14,16H2,(H,32,35)/t27-/m0/s1. The Hall–Kier alpha value is -3.33. The molecule has 37 heavy (non-hydrogen) atoms. The molecule has 5 rings (SSSR count). The molecular formula is C28H25ClF2N2O4. The Bertz CT molecular complexity index is 1360. The average Bonchev–Trinajstić information content (AvgIpc) is 3.74. The third-order valence-corrected chi connectivity index (χ3v) is 7.27. The van der Waals surface area contributed by atoms with E-state index in [1.165, 1.54) is 24.3 Å². The van der Waals surface area contributed by atoms with Gasteiger partial charge in [-0.1, -0.05) is 29.8 Å². The first kappa shape index (κ1) is 25.3. The van der Waals surface area contributed by atoms with Crippen molar-refractivity contribution < 1.29 is 28.6 Å². The summed E-state index contributed by atoms with van der Waals surface area (Å²) in [5.74, 6) is -4.12. The Balaban J connectivity index is 1.40. The summed E-state index contributed by atoms with van der Waals surface area (Å²) in [4.78, 5) is 27.4. The Morgan fingerprint density at radius 1 is 1.05 bits per heavy atom. The van der Waals surface area contributed by atoms with E-state index in [2.05, 4.69) is 5.32 Å². The fourth-order valence-corrected chi connectivity index (χ4v) is 4.94. The highest BCUT2D eigenvalue weighted by atomic mass is 35.5. The number of aliphatic hydroxyl groups excluding tert-OH is 1. The van der Waals surface area contributed by atoms with E-state index in [-0.39, 0.29) is 34.3 Å². The molecular weight excluding hydrogens is 502 g/mol. The van der Waals surface area contributed by atoms with Crippen LogP contribution in [0.5, 0.6) is 0 Å². The van der Waals surface area contributed by atoms with E-state index in [0.717, 1.165) is 29.4 Å². The molecule has 0 aromatic heterocycles. The number of hydrogen-bond donors (Lipinski definition) is 3. The molecule has 0 saturated heterocycles. The number of nitrogens with zero attached hydrogens (tertiary/aromatic N) is 1. The smallest absolute Gasteiger partial charge is 0.284 e. The average molecular weight is 527 g/mol.